The van der Waals surface area contributed by atoms with Crippen LogP contribution >= 0.6 is 0 Å². The van der Waals surface area contributed by atoms with Crippen molar-refractivity contribution in [1.29, 1.82) is 0 Å². The fraction of sp³-hybridized carbons (Fsp3) is 0.500. The first-order valence-corrected chi connectivity index (χ1v) is 11.3. The van der Waals surface area contributed by atoms with Gasteiger partial charge in [0.1, 0.15) is 11.3 Å². The zero-order chi connectivity index (χ0) is 20.5. The van der Waals surface area contributed by atoms with Crippen molar-refractivity contribution in [2.75, 3.05) is 44.7 Å². The first kappa shape index (κ1) is 19.5. The van der Waals surface area contributed by atoms with E-state index in [2.05, 4.69) is 64.0 Å². The van der Waals surface area contributed by atoms with Crippen LogP contribution in [-0.4, -0.2) is 64.5 Å². The minimum absolute atomic E-state index is 0.380. The van der Waals surface area contributed by atoms with Crippen molar-refractivity contribution in [1.82, 2.24) is 24.8 Å². The molecule has 6 heteroatoms. The number of hydrogen-bond acceptors (Lipinski definition) is 5. The van der Waals surface area contributed by atoms with Crippen LogP contribution in [0.5, 0.6) is 0 Å². The maximum atomic E-state index is 5.07. The highest BCUT2D eigenvalue weighted by atomic mass is 15.3. The maximum Gasteiger partial charge on any atom is 0.121 e. The van der Waals surface area contributed by atoms with Gasteiger partial charge in [-0.3, -0.25) is 9.88 Å². The lowest BCUT2D eigenvalue weighted by Crippen LogP contribution is -2.44. The summed E-state index contributed by atoms with van der Waals surface area (Å²) in [5.41, 5.74) is 6.18. The van der Waals surface area contributed by atoms with Crippen LogP contribution in [0.3, 0.4) is 0 Å². The number of benzene rings is 1. The smallest absolute Gasteiger partial charge is 0.121 e. The van der Waals surface area contributed by atoms with E-state index in [1.165, 1.54) is 29.8 Å². The summed E-state index contributed by atoms with van der Waals surface area (Å²) in [7, 11) is 2.20. The van der Waals surface area contributed by atoms with E-state index < -0.39 is 0 Å². The lowest BCUT2D eigenvalue weighted by Gasteiger charge is -2.34. The van der Waals surface area contributed by atoms with Gasteiger partial charge in [-0.15, -0.1) is 0 Å². The fourth-order valence-electron chi connectivity index (χ4n) is 5.02. The Morgan fingerprint density at radius 2 is 2.00 bits per heavy atom. The van der Waals surface area contributed by atoms with Gasteiger partial charge in [0.15, 0.2) is 0 Å². The monoisotopic (exact) mass is 404 g/mol. The zero-order valence-electron chi connectivity index (χ0n) is 18.1. The van der Waals surface area contributed by atoms with Crippen molar-refractivity contribution in [2.45, 2.75) is 38.8 Å². The molecule has 1 saturated heterocycles. The number of piperazine rings is 1. The Bertz CT molecular complexity index is 1000. The second kappa shape index (κ2) is 8.36. The van der Waals surface area contributed by atoms with Crippen molar-refractivity contribution in [3.8, 4) is 0 Å². The number of fused-ring (bicyclic) bond motifs is 2. The molecule has 5 rings (SSSR count). The van der Waals surface area contributed by atoms with Gasteiger partial charge in [-0.25, -0.2) is 4.98 Å². The number of aromatic amines is 1. The molecule has 1 aliphatic carbocycles. The van der Waals surface area contributed by atoms with E-state index in [1.807, 2.05) is 6.20 Å². The van der Waals surface area contributed by atoms with E-state index in [-0.39, 0.29) is 0 Å². The Morgan fingerprint density at radius 3 is 2.83 bits per heavy atom. The molecule has 2 aliphatic rings. The third-order valence-electron chi connectivity index (χ3n) is 6.75. The molecular formula is C24H32N6. The van der Waals surface area contributed by atoms with Gasteiger partial charge >= 0.3 is 0 Å². The van der Waals surface area contributed by atoms with Crippen LogP contribution in [0.25, 0.3) is 11.0 Å². The van der Waals surface area contributed by atoms with E-state index in [0.717, 1.165) is 62.5 Å². The number of anilines is 1. The highest BCUT2D eigenvalue weighted by Crippen LogP contribution is 2.34. The third kappa shape index (κ3) is 3.70. The molecule has 3 aromatic rings. The van der Waals surface area contributed by atoms with Gasteiger partial charge in [0.2, 0.25) is 0 Å². The van der Waals surface area contributed by atoms with Gasteiger partial charge in [-0.2, -0.15) is 0 Å². The van der Waals surface area contributed by atoms with Crippen LogP contribution in [0.15, 0.2) is 36.5 Å². The molecule has 0 bridgehead atoms. The van der Waals surface area contributed by atoms with Gasteiger partial charge < -0.3 is 14.8 Å². The second-order valence-electron chi connectivity index (χ2n) is 8.67. The quantitative estimate of drug-likeness (QED) is 0.704. The lowest BCUT2D eigenvalue weighted by molar-refractivity contribution is 0.171. The third-order valence-corrected chi connectivity index (χ3v) is 6.75. The SMILES string of the molecule is CCN(Cc1nc2c(N3CCN(C)CC3)cccc2[nH]1)C1CCCc2cccnc21. The standard InChI is InChI=1S/C24H32N6/c1-3-29(20-10-4-7-18-8-6-12-25-23(18)20)17-22-26-19-9-5-11-21(24(19)27-22)30-15-13-28(2)14-16-30/h5-6,8-9,11-12,20H,3-4,7,10,13-17H2,1-2H3,(H,26,27). The van der Waals surface area contributed by atoms with Crippen molar-refractivity contribution < 1.29 is 0 Å². The molecule has 0 spiro atoms. The summed E-state index contributed by atoms with van der Waals surface area (Å²) in [6.45, 7) is 8.39. The van der Waals surface area contributed by atoms with Crippen LogP contribution in [0.1, 0.15) is 42.9 Å². The molecule has 3 heterocycles. The van der Waals surface area contributed by atoms with Crippen molar-refractivity contribution in [2.24, 2.45) is 0 Å². The van der Waals surface area contributed by atoms with Crippen molar-refractivity contribution >= 4 is 16.7 Å². The summed E-state index contributed by atoms with van der Waals surface area (Å²) in [6.07, 6.45) is 5.49. The Morgan fingerprint density at radius 1 is 1.13 bits per heavy atom. The summed E-state index contributed by atoms with van der Waals surface area (Å²) in [5, 5.41) is 0. The molecule has 1 unspecified atom stereocenters. The van der Waals surface area contributed by atoms with Crippen LogP contribution in [0.2, 0.25) is 0 Å². The van der Waals surface area contributed by atoms with Gasteiger partial charge in [0.25, 0.3) is 0 Å². The maximum absolute atomic E-state index is 5.07. The average molecular weight is 405 g/mol. The highest BCUT2D eigenvalue weighted by Gasteiger charge is 2.27. The molecule has 1 aromatic carbocycles. The molecule has 0 amide bonds. The van der Waals surface area contributed by atoms with Crippen molar-refractivity contribution in [3.63, 3.8) is 0 Å². The average Bonchev–Trinajstić information content (AvgIpc) is 3.20. The summed E-state index contributed by atoms with van der Waals surface area (Å²) in [6, 6.07) is 11.2. The van der Waals surface area contributed by atoms with Crippen LogP contribution in [-0.2, 0) is 13.0 Å². The molecule has 1 N–H and O–H groups in total. The number of nitrogens with zero attached hydrogens (tertiary/aromatic N) is 5. The number of pyridine rings is 1. The normalized spacial score (nSPS) is 20.1. The summed E-state index contributed by atoms with van der Waals surface area (Å²) < 4.78 is 0. The Hall–Kier alpha value is -2.44. The number of aryl methyl sites for hydroxylation is 1. The van der Waals surface area contributed by atoms with Crippen LogP contribution in [0, 0.1) is 0 Å². The Kier molecular flexibility index (Phi) is 5.44. The van der Waals surface area contributed by atoms with E-state index >= 15 is 0 Å². The number of likely N-dealkylation sites (N-methyl/N-ethyl adjacent to an activating group) is 1. The Labute approximate surface area is 178 Å². The van der Waals surface area contributed by atoms with E-state index in [4.69, 9.17) is 9.97 Å². The summed E-state index contributed by atoms with van der Waals surface area (Å²) in [4.78, 5) is 20.8. The molecular weight excluding hydrogens is 372 g/mol. The number of hydrogen-bond donors (Lipinski definition) is 1. The minimum Gasteiger partial charge on any atom is -0.367 e. The molecule has 6 nitrogen and oxygen atoms in total. The van der Waals surface area contributed by atoms with Gasteiger partial charge in [0, 0.05) is 32.4 Å². The highest BCUT2D eigenvalue weighted by molar-refractivity contribution is 5.89. The molecule has 0 saturated carbocycles. The molecule has 1 fully saturated rings. The predicted molar refractivity (Wildman–Crippen MR) is 122 cm³/mol. The van der Waals surface area contributed by atoms with E-state index in [9.17, 15) is 0 Å². The molecule has 1 aliphatic heterocycles. The second-order valence-corrected chi connectivity index (χ2v) is 8.67. The number of para-hydroxylation sites is 1. The predicted octanol–water partition coefficient (Wildman–Crippen LogP) is 3.61. The molecule has 1 atom stereocenters. The number of H-pyrrole nitrogens is 1. The fourth-order valence-corrected chi connectivity index (χ4v) is 5.02. The van der Waals surface area contributed by atoms with E-state index in [0.29, 0.717) is 6.04 Å². The minimum atomic E-state index is 0.380. The van der Waals surface area contributed by atoms with Crippen LogP contribution in [0.4, 0.5) is 5.69 Å². The topological polar surface area (TPSA) is 51.3 Å². The zero-order valence-corrected chi connectivity index (χ0v) is 18.1. The molecule has 0 radical (unpaired) electrons. The number of nitrogens with one attached hydrogen (secondary N) is 1. The number of rotatable bonds is 5. The summed E-state index contributed by atoms with van der Waals surface area (Å²) >= 11 is 0. The molecule has 2 aromatic heterocycles. The van der Waals surface area contributed by atoms with Gasteiger partial charge in [-0.05, 0) is 56.6 Å². The first-order valence-electron chi connectivity index (χ1n) is 11.3. The Balaban J connectivity index is 1.41. The van der Waals surface area contributed by atoms with Gasteiger partial charge in [-0.1, -0.05) is 19.1 Å². The largest absolute Gasteiger partial charge is 0.367 e. The molecule has 158 valence electrons. The van der Waals surface area contributed by atoms with Crippen LogP contribution < -0.4 is 4.90 Å². The number of aromatic nitrogens is 3. The molecule has 30 heavy (non-hydrogen) atoms. The van der Waals surface area contributed by atoms with Crippen molar-refractivity contribution in [3.05, 3.63) is 53.6 Å². The first-order chi connectivity index (χ1) is 14.7. The van der Waals surface area contributed by atoms with E-state index in [1.54, 1.807) is 0 Å². The summed E-state index contributed by atoms with van der Waals surface area (Å²) in [5.74, 6) is 1.05. The van der Waals surface area contributed by atoms with Gasteiger partial charge in [0.05, 0.1) is 29.5 Å². The lowest BCUT2D eigenvalue weighted by atomic mass is 9.91. The number of imidazole rings is 1.